The van der Waals surface area contributed by atoms with Crippen molar-refractivity contribution in [2.75, 3.05) is 18.5 Å². The minimum atomic E-state index is 0.0432. The molecule has 2 aromatic carbocycles. The van der Waals surface area contributed by atoms with Gasteiger partial charge in [0.15, 0.2) is 5.58 Å². The summed E-state index contributed by atoms with van der Waals surface area (Å²) in [5.41, 5.74) is 3.19. The lowest BCUT2D eigenvalue weighted by Gasteiger charge is -2.21. The number of carbonyl (C=O) groups excluding carboxylic acids is 1. The molecule has 1 amide bonds. The van der Waals surface area contributed by atoms with Gasteiger partial charge in [0.2, 0.25) is 11.8 Å². The van der Waals surface area contributed by atoms with Crippen LogP contribution >= 0.6 is 0 Å². The van der Waals surface area contributed by atoms with E-state index in [9.17, 15) is 4.79 Å². The summed E-state index contributed by atoms with van der Waals surface area (Å²) >= 11 is 0. The average Bonchev–Trinajstić information content (AvgIpc) is 3.07. The molecule has 0 unspecified atom stereocenters. The number of nitrogens with zero attached hydrogens (tertiary/aromatic N) is 1. The Bertz CT molecular complexity index is 848. The van der Waals surface area contributed by atoms with Gasteiger partial charge in [0.05, 0.1) is 0 Å². The molecule has 5 heteroatoms. The summed E-state index contributed by atoms with van der Waals surface area (Å²) in [6.07, 6.45) is 2.45. The van der Waals surface area contributed by atoms with E-state index in [1.807, 2.05) is 48.5 Å². The lowest BCUT2D eigenvalue weighted by molar-refractivity contribution is -0.117. The molecule has 1 saturated heterocycles. The predicted octanol–water partition coefficient (Wildman–Crippen LogP) is 4.25. The molecule has 0 aliphatic carbocycles. The summed E-state index contributed by atoms with van der Waals surface area (Å²) < 4.78 is 11.1. The molecule has 25 heavy (non-hydrogen) atoms. The molecule has 4 rings (SSSR count). The molecular weight excluding hydrogens is 316 g/mol. The van der Waals surface area contributed by atoms with Gasteiger partial charge in [0.1, 0.15) is 5.52 Å². The number of hydrogen-bond acceptors (Lipinski definition) is 4. The monoisotopic (exact) mass is 336 g/mol. The quantitative estimate of drug-likeness (QED) is 0.773. The molecular formula is C20H20N2O3. The first-order valence-corrected chi connectivity index (χ1v) is 8.61. The fourth-order valence-electron chi connectivity index (χ4n) is 3.15. The summed E-state index contributed by atoms with van der Waals surface area (Å²) in [4.78, 5) is 16.8. The van der Waals surface area contributed by atoms with Crippen molar-refractivity contribution in [2.45, 2.75) is 19.3 Å². The van der Waals surface area contributed by atoms with Crippen LogP contribution in [0.2, 0.25) is 0 Å². The lowest BCUT2D eigenvalue weighted by Crippen LogP contribution is -2.22. The average molecular weight is 336 g/mol. The molecule has 128 valence electrons. The van der Waals surface area contributed by atoms with Crippen molar-refractivity contribution in [3.8, 4) is 11.5 Å². The van der Waals surface area contributed by atoms with E-state index in [0.717, 1.165) is 48.4 Å². The summed E-state index contributed by atoms with van der Waals surface area (Å²) in [7, 11) is 0. The van der Waals surface area contributed by atoms with Crippen molar-refractivity contribution in [2.24, 2.45) is 5.92 Å². The Kier molecular flexibility index (Phi) is 4.48. The number of oxazole rings is 1. The van der Waals surface area contributed by atoms with E-state index in [4.69, 9.17) is 9.15 Å². The third-order valence-corrected chi connectivity index (χ3v) is 4.50. The van der Waals surface area contributed by atoms with Gasteiger partial charge in [-0.1, -0.05) is 18.2 Å². The van der Waals surface area contributed by atoms with Gasteiger partial charge in [0, 0.05) is 30.9 Å². The standard InChI is InChI=1S/C20H20N2O3/c23-19(12-14-8-10-24-11-9-14)21-16-5-3-4-15(13-16)20-22-17-6-1-2-7-18(17)25-20/h1-7,13-14H,8-12H2,(H,21,23). The van der Waals surface area contributed by atoms with Gasteiger partial charge >= 0.3 is 0 Å². The van der Waals surface area contributed by atoms with Crippen LogP contribution in [-0.4, -0.2) is 24.1 Å². The number of para-hydroxylation sites is 2. The van der Waals surface area contributed by atoms with E-state index in [1.165, 1.54) is 0 Å². The number of carbonyl (C=O) groups is 1. The molecule has 2 heterocycles. The number of ether oxygens (including phenoxy) is 1. The van der Waals surface area contributed by atoms with E-state index < -0.39 is 0 Å². The number of nitrogens with one attached hydrogen (secondary N) is 1. The SMILES string of the molecule is O=C(CC1CCOCC1)Nc1cccc(-c2nc3ccccc3o2)c1. The predicted molar refractivity (Wildman–Crippen MR) is 96.2 cm³/mol. The third-order valence-electron chi connectivity index (χ3n) is 4.50. The van der Waals surface area contributed by atoms with Crippen molar-refractivity contribution in [1.29, 1.82) is 0 Å². The zero-order valence-corrected chi connectivity index (χ0v) is 13.9. The van der Waals surface area contributed by atoms with E-state index in [2.05, 4.69) is 10.3 Å². The van der Waals surface area contributed by atoms with Gasteiger partial charge in [-0.2, -0.15) is 0 Å². The number of amides is 1. The zero-order chi connectivity index (χ0) is 17.1. The second-order valence-electron chi connectivity index (χ2n) is 6.38. The Labute approximate surface area is 146 Å². The largest absolute Gasteiger partial charge is 0.436 e. The summed E-state index contributed by atoms with van der Waals surface area (Å²) in [6, 6.07) is 15.3. The first-order valence-electron chi connectivity index (χ1n) is 8.61. The highest BCUT2D eigenvalue weighted by atomic mass is 16.5. The number of fused-ring (bicyclic) bond motifs is 1. The highest BCUT2D eigenvalue weighted by Crippen LogP contribution is 2.26. The number of anilines is 1. The molecule has 1 aliphatic heterocycles. The molecule has 1 aromatic heterocycles. The fraction of sp³-hybridized carbons (Fsp3) is 0.300. The maximum Gasteiger partial charge on any atom is 0.227 e. The Morgan fingerprint density at radius 3 is 2.80 bits per heavy atom. The van der Waals surface area contributed by atoms with Gasteiger partial charge in [-0.05, 0) is 49.1 Å². The summed E-state index contributed by atoms with van der Waals surface area (Å²) in [5, 5.41) is 2.98. The van der Waals surface area contributed by atoms with Crippen molar-refractivity contribution in [1.82, 2.24) is 4.98 Å². The number of benzene rings is 2. The topological polar surface area (TPSA) is 64.4 Å². The highest BCUT2D eigenvalue weighted by molar-refractivity contribution is 5.91. The van der Waals surface area contributed by atoms with Gasteiger partial charge in [-0.15, -0.1) is 0 Å². The van der Waals surface area contributed by atoms with Gasteiger partial charge in [-0.25, -0.2) is 4.98 Å². The second kappa shape index (κ2) is 7.07. The minimum Gasteiger partial charge on any atom is -0.436 e. The summed E-state index contributed by atoms with van der Waals surface area (Å²) in [5.74, 6) is 1.01. The molecule has 0 bridgehead atoms. The van der Waals surface area contributed by atoms with Crippen LogP contribution < -0.4 is 5.32 Å². The van der Waals surface area contributed by atoms with E-state index >= 15 is 0 Å². The zero-order valence-electron chi connectivity index (χ0n) is 13.9. The van der Waals surface area contributed by atoms with Crippen LogP contribution in [0.1, 0.15) is 19.3 Å². The number of rotatable bonds is 4. The lowest BCUT2D eigenvalue weighted by atomic mass is 9.96. The molecule has 0 radical (unpaired) electrons. The summed E-state index contributed by atoms with van der Waals surface area (Å²) in [6.45, 7) is 1.51. The van der Waals surface area contributed by atoms with E-state index in [1.54, 1.807) is 0 Å². The smallest absolute Gasteiger partial charge is 0.227 e. The molecule has 1 fully saturated rings. The molecule has 1 aliphatic rings. The van der Waals surface area contributed by atoms with Crippen LogP contribution in [0.5, 0.6) is 0 Å². The van der Waals surface area contributed by atoms with Crippen molar-refractivity contribution < 1.29 is 13.9 Å². The van der Waals surface area contributed by atoms with Crippen LogP contribution in [0.15, 0.2) is 52.9 Å². The van der Waals surface area contributed by atoms with Crippen LogP contribution in [0.3, 0.4) is 0 Å². The van der Waals surface area contributed by atoms with Crippen LogP contribution in [0.25, 0.3) is 22.6 Å². The Morgan fingerprint density at radius 1 is 1.12 bits per heavy atom. The number of aromatic nitrogens is 1. The second-order valence-corrected chi connectivity index (χ2v) is 6.38. The molecule has 3 aromatic rings. The van der Waals surface area contributed by atoms with Crippen molar-refractivity contribution in [3.05, 3.63) is 48.5 Å². The van der Waals surface area contributed by atoms with Gasteiger partial charge in [-0.3, -0.25) is 4.79 Å². The number of hydrogen-bond donors (Lipinski definition) is 1. The van der Waals surface area contributed by atoms with E-state index in [0.29, 0.717) is 18.2 Å². The molecule has 1 N–H and O–H groups in total. The fourth-order valence-corrected chi connectivity index (χ4v) is 3.15. The van der Waals surface area contributed by atoms with Crippen LogP contribution in [0, 0.1) is 5.92 Å². The Hall–Kier alpha value is -2.66. The third kappa shape index (κ3) is 3.72. The van der Waals surface area contributed by atoms with Crippen LogP contribution in [-0.2, 0) is 9.53 Å². The highest BCUT2D eigenvalue weighted by Gasteiger charge is 2.17. The maximum atomic E-state index is 12.3. The first kappa shape index (κ1) is 15.8. The van der Waals surface area contributed by atoms with Crippen molar-refractivity contribution >= 4 is 22.7 Å². The molecule has 0 atom stereocenters. The maximum absolute atomic E-state index is 12.3. The Morgan fingerprint density at radius 2 is 1.96 bits per heavy atom. The van der Waals surface area contributed by atoms with Gasteiger partial charge < -0.3 is 14.5 Å². The molecule has 0 saturated carbocycles. The minimum absolute atomic E-state index is 0.0432. The normalized spacial score (nSPS) is 15.4. The van der Waals surface area contributed by atoms with Crippen molar-refractivity contribution in [3.63, 3.8) is 0 Å². The Balaban J connectivity index is 1.48. The van der Waals surface area contributed by atoms with Crippen LogP contribution in [0.4, 0.5) is 5.69 Å². The van der Waals surface area contributed by atoms with Gasteiger partial charge in [0.25, 0.3) is 0 Å². The molecule has 5 nitrogen and oxygen atoms in total. The van der Waals surface area contributed by atoms with E-state index in [-0.39, 0.29) is 5.91 Å². The first-order chi connectivity index (χ1) is 12.3. The molecule has 0 spiro atoms.